The Kier molecular flexibility index (Phi) is 4.53. The van der Waals surface area contributed by atoms with Crippen molar-refractivity contribution in [1.82, 2.24) is 0 Å². The van der Waals surface area contributed by atoms with E-state index in [2.05, 4.69) is 0 Å². The van der Waals surface area contributed by atoms with E-state index in [1.165, 1.54) is 0 Å². The molecule has 2 heteroatoms. The van der Waals surface area contributed by atoms with Crippen molar-refractivity contribution in [3.63, 3.8) is 0 Å². The lowest BCUT2D eigenvalue weighted by atomic mass is 10.2. The summed E-state index contributed by atoms with van der Waals surface area (Å²) >= 11 is 0. The van der Waals surface area contributed by atoms with Gasteiger partial charge in [-0.1, -0.05) is 42.5 Å². The van der Waals surface area contributed by atoms with Gasteiger partial charge >= 0.3 is 0 Å². The highest BCUT2D eigenvalue weighted by molar-refractivity contribution is 5.48. The molecule has 0 unspecified atom stereocenters. The molecule has 0 atom stereocenters. The van der Waals surface area contributed by atoms with Crippen LogP contribution in [-0.2, 0) is 9.78 Å². The van der Waals surface area contributed by atoms with E-state index in [4.69, 9.17) is 9.78 Å². The van der Waals surface area contributed by atoms with Crippen molar-refractivity contribution in [1.29, 1.82) is 0 Å². The summed E-state index contributed by atoms with van der Waals surface area (Å²) in [6, 6.07) is 10.1. The van der Waals surface area contributed by atoms with Crippen LogP contribution in [0.25, 0.3) is 6.08 Å². The van der Waals surface area contributed by atoms with Gasteiger partial charge in [-0.05, 0) is 26.3 Å². The Bertz CT molecular complexity index is 296. The van der Waals surface area contributed by atoms with E-state index >= 15 is 0 Å². The second kappa shape index (κ2) is 5.69. The normalized spacial score (nSPS) is 12.2. The highest BCUT2D eigenvalue weighted by atomic mass is 17.2. The highest BCUT2D eigenvalue weighted by Crippen LogP contribution is 2.07. The van der Waals surface area contributed by atoms with E-state index in [1.807, 2.05) is 63.3 Å². The Balaban J connectivity index is 2.24. The van der Waals surface area contributed by atoms with Gasteiger partial charge in [-0.15, -0.1) is 0 Å². The van der Waals surface area contributed by atoms with Crippen LogP contribution in [-0.4, -0.2) is 12.2 Å². The largest absolute Gasteiger partial charge is 0.232 e. The predicted molar refractivity (Wildman–Crippen MR) is 62.3 cm³/mol. The Hall–Kier alpha value is -1.12. The fourth-order valence-corrected chi connectivity index (χ4v) is 0.998. The first-order valence-electron chi connectivity index (χ1n) is 5.10. The van der Waals surface area contributed by atoms with Gasteiger partial charge in [-0.25, -0.2) is 9.78 Å². The predicted octanol–water partition coefficient (Wildman–Crippen LogP) is 3.45. The van der Waals surface area contributed by atoms with Gasteiger partial charge in [0.05, 0.1) is 5.60 Å². The maximum atomic E-state index is 5.12. The molecule has 0 aliphatic heterocycles. The van der Waals surface area contributed by atoms with Crippen molar-refractivity contribution in [2.45, 2.75) is 26.4 Å². The van der Waals surface area contributed by atoms with Gasteiger partial charge in [-0.2, -0.15) is 0 Å². The first kappa shape index (κ1) is 12.0. The number of rotatable bonds is 4. The van der Waals surface area contributed by atoms with Crippen LogP contribution in [0.3, 0.4) is 0 Å². The van der Waals surface area contributed by atoms with E-state index in [0.717, 1.165) is 5.56 Å². The summed E-state index contributed by atoms with van der Waals surface area (Å²) in [6.45, 7) is 6.32. The van der Waals surface area contributed by atoms with Crippen LogP contribution in [0.1, 0.15) is 26.3 Å². The third-order valence-corrected chi connectivity index (χ3v) is 1.58. The Labute approximate surface area is 91.5 Å². The maximum Gasteiger partial charge on any atom is 0.101 e. The van der Waals surface area contributed by atoms with Crippen molar-refractivity contribution >= 4 is 6.08 Å². The molecule has 2 nitrogen and oxygen atoms in total. The molecule has 0 aliphatic carbocycles. The SMILES string of the molecule is CC(C)(C)OOCC=Cc1ccccc1. The topological polar surface area (TPSA) is 18.5 Å². The standard InChI is InChI=1S/C13H18O2/c1-13(2,3)15-14-11-7-10-12-8-5-4-6-9-12/h4-10H,11H2,1-3H3. The molecule has 0 aromatic heterocycles. The molecule has 0 heterocycles. The lowest BCUT2D eigenvalue weighted by Gasteiger charge is -2.16. The van der Waals surface area contributed by atoms with Crippen molar-refractivity contribution in [2.75, 3.05) is 6.61 Å². The zero-order valence-electron chi connectivity index (χ0n) is 9.57. The maximum absolute atomic E-state index is 5.12. The van der Waals surface area contributed by atoms with Gasteiger partial charge in [0.15, 0.2) is 0 Å². The average Bonchev–Trinajstić information content (AvgIpc) is 2.17. The van der Waals surface area contributed by atoms with Crippen LogP contribution >= 0.6 is 0 Å². The molecule has 0 spiro atoms. The minimum atomic E-state index is -0.249. The fraction of sp³-hybridized carbons (Fsp3) is 0.385. The van der Waals surface area contributed by atoms with Gasteiger partial charge in [0.1, 0.15) is 6.61 Å². The molecule has 15 heavy (non-hydrogen) atoms. The van der Waals surface area contributed by atoms with Crippen molar-refractivity contribution in [3.8, 4) is 0 Å². The van der Waals surface area contributed by atoms with Gasteiger partial charge in [0.25, 0.3) is 0 Å². The van der Waals surface area contributed by atoms with E-state index in [0.29, 0.717) is 6.61 Å². The van der Waals surface area contributed by atoms with Crippen LogP contribution in [0.2, 0.25) is 0 Å². The van der Waals surface area contributed by atoms with Crippen molar-refractivity contribution in [3.05, 3.63) is 42.0 Å². The molecule has 0 saturated carbocycles. The summed E-state index contributed by atoms with van der Waals surface area (Å²) in [6.07, 6.45) is 3.94. The minimum absolute atomic E-state index is 0.249. The summed E-state index contributed by atoms with van der Waals surface area (Å²) in [5, 5.41) is 0. The highest BCUT2D eigenvalue weighted by Gasteiger charge is 2.10. The lowest BCUT2D eigenvalue weighted by molar-refractivity contribution is -0.341. The summed E-state index contributed by atoms with van der Waals surface area (Å²) in [5.41, 5.74) is 0.914. The average molecular weight is 206 g/mol. The number of hydrogen-bond donors (Lipinski definition) is 0. The van der Waals surface area contributed by atoms with Gasteiger partial charge in [0.2, 0.25) is 0 Å². The first-order valence-corrected chi connectivity index (χ1v) is 5.10. The van der Waals surface area contributed by atoms with Crippen LogP contribution in [0.15, 0.2) is 36.4 Å². The van der Waals surface area contributed by atoms with Crippen LogP contribution in [0.5, 0.6) is 0 Å². The summed E-state index contributed by atoms with van der Waals surface area (Å²) in [7, 11) is 0. The molecule has 1 aromatic carbocycles. The molecular weight excluding hydrogens is 188 g/mol. The van der Waals surface area contributed by atoms with E-state index < -0.39 is 0 Å². The quantitative estimate of drug-likeness (QED) is 0.427. The summed E-state index contributed by atoms with van der Waals surface area (Å²) < 4.78 is 0. The number of hydrogen-bond acceptors (Lipinski definition) is 2. The zero-order chi connectivity index (χ0) is 11.1. The Morgan fingerprint density at radius 2 is 1.80 bits per heavy atom. The van der Waals surface area contributed by atoms with E-state index in [1.54, 1.807) is 0 Å². The smallest absolute Gasteiger partial charge is 0.101 e. The summed E-state index contributed by atoms with van der Waals surface area (Å²) in [5.74, 6) is 0. The second-order valence-electron chi connectivity index (χ2n) is 4.29. The Morgan fingerprint density at radius 1 is 1.13 bits per heavy atom. The zero-order valence-corrected chi connectivity index (χ0v) is 9.57. The molecule has 0 saturated heterocycles. The molecule has 82 valence electrons. The van der Waals surface area contributed by atoms with Crippen molar-refractivity contribution in [2.24, 2.45) is 0 Å². The lowest BCUT2D eigenvalue weighted by Crippen LogP contribution is -2.19. The molecule has 0 N–H and O–H groups in total. The van der Waals surface area contributed by atoms with Crippen LogP contribution in [0.4, 0.5) is 0 Å². The molecule has 0 radical (unpaired) electrons. The number of benzene rings is 1. The minimum Gasteiger partial charge on any atom is -0.232 e. The molecule has 0 aliphatic rings. The van der Waals surface area contributed by atoms with E-state index in [9.17, 15) is 0 Å². The van der Waals surface area contributed by atoms with Crippen molar-refractivity contribution < 1.29 is 9.78 Å². The van der Waals surface area contributed by atoms with Crippen LogP contribution in [0, 0.1) is 0 Å². The molecular formula is C13H18O2. The third-order valence-electron chi connectivity index (χ3n) is 1.58. The molecule has 0 fully saturated rings. The van der Waals surface area contributed by atoms with Gasteiger partial charge in [0, 0.05) is 0 Å². The monoisotopic (exact) mass is 206 g/mol. The molecule has 1 aromatic rings. The molecule has 0 bridgehead atoms. The summed E-state index contributed by atoms with van der Waals surface area (Å²) in [4.78, 5) is 10.1. The third kappa shape index (κ3) is 6.05. The van der Waals surface area contributed by atoms with Gasteiger partial charge in [-0.3, -0.25) is 0 Å². The molecule has 0 amide bonds. The Morgan fingerprint density at radius 3 is 2.40 bits per heavy atom. The van der Waals surface area contributed by atoms with Crippen LogP contribution < -0.4 is 0 Å². The molecule has 1 rings (SSSR count). The second-order valence-corrected chi connectivity index (χ2v) is 4.29. The van der Waals surface area contributed by atoms with Gasteiger partial charge < -0.3 is 0 Å². The van der Waals surface area contributed by atoms with E-state index in [-0.39, 0.29) is 5.60 Å². The first-order chi connectivity index (χ1) is 7.08. The fourth-order valence-electron chi connectivity index (χ4n) is 0.998.